The fourth-order valence-electron chi connectivity index (χ4n) is 3.97. The van der Waals surface area contributed by atoms with Gasteiger partial charge >= 0.3 is 0 Å². The van der Waals surface area contributed by atoms with E-state index in [1.165, 1.54) is 22.2 Å². The minimum Gasteiger partial charge on any atom is -0.344 e. The predicted molar refractivity (Wildman–Crippen MR) is 105 cm³/mol. The Morgan fingerprint density at radius 2 is 2.00 bits per heavy atom. The minimum atomic E-state index is -1.37. The van der Waals surface area contributed by atoms with Crippen LogP contribution in [-0.4, -0.2) is 29.9 Å². The van der Waals surface area contributed by atoms with Crippen molar-refractivity contribution >= 4 is 44.5 Å². The van der Waals surface area contributed by atoms with Gasteiger partial charge in [0.05, 0.1) is 9.92 Å². The summed E-state index contributed by atoms with van der Waals surface area (Å²) in [6.07, 6.45) is 0.859. The smallest absolute Gasteiger partial charge is 0.155 e. The molecule has 6 nitrogen and oxygen atoms in total. The van der Waals surface area contributed by atoms with Gasteiger partial charge in [0.15, 0.2) is 11.0 Å². The molecule has 0 saturated heterocycles. The van der Waals surface area contributed by atoms with E-state index in [-0.39, 0.29) is 0 Å². The SMILES string of the molecule is CCn1c2c(c3ccccc31)CN(S(=O)c1ccc(Cl)c3nonc13)CC2. The van der Waals surface area contributed by atoms with Crippen LogP contribution >= 0.6 is 11.6 Å². The molecule has 2 aromatic heterocycles. The summed E-state index contributed by atoms with van der Waals surface area (Å²) in [5.74, 6) is 0. The van der Waals surface area contributed by atoms with Gasteiger partial charge in [-0.3, -0.25) is 0 Å². The molecule has 138 valence electrons. The topological polar surface area (TPSA) is 64.2 Å². The minimum absolute atomic E-state index is 0.443. The van der Waals surface area contributed by atoms with Crippen molar-refractivity contribution in [2.45, 2.75) is 31.3 Å². The lowest BCUT2D eigenvalue weighted by Crippen LogP contribution is -2.32. The maximum atomic E-state index is 13.3. The first-order chi connectivity index (χ1) is 13.2. The Labute approximate surface area is 163 Å². The van der Waals surface area contributed by atoms with Crippen LogP contribution in [0.5, 0.6) is 0 Å². The van der Waals surface area contributed by atoms with E-state index in [1.807, 2.05) is 4.31 Å². The average Bonchev–Trinajstić information content (AvgIpc) is 3.31. The Kier molecular flexibility index (Phi) is 4.03. The number of aromatic nitrogens is 3. The number of hydrogen-bond donors (Lipinski definition) is 0. The zero-order chi connectivity index (χ0) is 18.5. The summed E-state index contributed by atoms with van der Waals surface area (Å²) < 4.78 is 22.5. The highest BCUT2D eigenvalue weighted by Crippen LogP contribution is 2.33. The molecule has 0 saturated carbocycles. The van der Waals surface area contributed by atoms with Crippen molar-refractivity contribution in [2.24, 2.45) is 0 Å². The largest absolute Gasteiger partial charge is 0.344 e. The van der Waals surface area contributed by atoms with E-state index < -0.39 is 11.0 Å². The van der Waals surface area contributed by atoms with E-state index in [0.29, 0.717) is 34.0 Å². The zero-order valence-electron chi connectivity index (χ0n) is 14.7. The first-order valence-electron chi connectivity index (χ1n) is 8.85. The van der Waals surface area contributed by atoms with Crippen molar-refractivity contribution in [3.8, 4) is 0 Å². The molecule has 1 unspecified atom stereocenters. The van der Waals surface area contributed by atoms with Crippen LogP contribution in [-0.2, 0) is 30.5 Å². The summed E-state index contributed by atoms with van der Waals surface area (Å²) in [6, 6.07) is 11.9. The fraction of sp³-hybridized carbons (Fsp3) is 0.263. The lowest BCUT2D eigenvalue weighted by molar-refractivity contribution is 0.315. The summed E-state index contributed by atoms with van der Waals surface area (Å²) in [5, 5.41) is 9.42. The van der Waals surface area contributed by atoms with Crippen LogP contribution in [0.15, 0.2) is 45.9 Å². The highest BCUT2D eigenvalue weighted by Gasteiger charge is 2.28. The summed E-state index contributed by atoms with van der Waals surface area (Å²) in [6.45, 7) is 4.44. The molecule has 0 amide bonds. The molecule has 1 aliphatic heterocycles. The van der Waals surface area contributed by atoms with E-state index in [9.17, 15) is 4.21 Å². The third-order valence-electron chi connectivity index (χ3n) is 5.19. The molecular weight excluding hydrogens is 384 g/mol. The lowest BCUT2D eigenvalue weighted by Gasteiger charge is -2.27. The first kappa shape index (κ1) is 16.9. The Morgan fingerprint density at radius 1 is 1.19 bits per heavy atom. The summed E-state index contributed by atoms with van der Waals surface area (Å²) >= 11 is 6.13. The second kappa shape index (κ2) is 6.44. The van der Waals surface area contributed by atoms with Crippen LogP contribution in [0.25, 0.3) is 21.9 Å². The Morgan fingerprint density at radius 3 is 2.85 bits per heavy atom. The Bertz CT molecular complexity index is 1200. The summed E-state index contributed by atoms with van der Waals surface area (Å²) in [7, 11) is -1.37. The van der Waals surface area contributed by atoms with E-state index in [0.717, 1.165) is 13.0 Å². The number of hydrogen-bond acceptors (Lipinski definition) is 4. The maximum absolute atomic E-state index is 13.3. The Balaban J connectivity index is 1.57. The van der Waals surface area contributed by atoms with Gasteiger partial charge < -0.3 is 4.57 Å². The molecule has 0 aliphatic carbocycles. The number of rotatable bonds is 3. The number of para-hydroxylation sites is 1. The van der Waals surface area contributed by atoms with Crippen LogP contribution < -0.4 is 0 Å². The average molecular weight is 401 g/mol. The van der Waals surface area contributed by atoms with Crippen molar-refractivity contribution < 1.29 is 8.84 Å². The van der Waals surface area contributed by atoms with Crippen LogP contribution in [0.3, 0.4) is 0 Å². The molecule has 0 radical (unpaired) electrons. The third-order valence-corrected chi connectivity index (χ3v) is 6.99. The summed E-state index contributed by atoms with van der Waals surface area (Å²) in [4.78, 5) is 0.582. The monoisotopic (exact) mass is 400 g/mol. The molecule has 8 heteroatoms. The fourth-order valence-corrected chi connectivity index (χ4v) is 5.43. The van der Waals surface area contributed by atoms with Gasteiger partial charge in [0.2, 0.25) is 0 Å². The lowest BCUT2D eigenvalue weighted by atomic mass is 10.1. The van der Waals surface area contributed by atoms with Gasteiger partial charge in [0.1, 0.15) is 11.0 Å². The van der Waals surface area contributed by atoms with Crippen molar-refractivity contribution in [1.82, 2.24) is 19.2 Å². The van der Waals surface area contributed by atoms with Crippen LogP contribution in [0.4, 0.5) is 0 Å². The highest BCUT2D eigenvalue weighted by atomic mass is 35.5. The first-order valence-corrected chi connectivity index (χ1v) is 10.3. The van der Waals surface area contributed by atoms with Crippen molar-refractivity contribution in [1.29, 1.82) is 0 Å². The predicted octanol–water partition coefficient (Wildman–Crippen LogP) is 3.93. The summed E-state index contributed by atoms with van der Waals surface area (Å²) in [5.41, 5.74) is 4.75. The van der Waals surface area contributed by atoms with Crippen molar-refractivity contribution in [3.63, 3.8) is 0 Å². The molecule has 0 spiro atoms. The van der Waals surface area contributed by atoms with Crippen molar-refractivity contribution in [2.75, 3.05) is 6.54 Å². The molecule has 4 aromatic rings. The van der Waals surface area contributed by atoms with Gasteiger partial charge in [-0.1, -0.05) is 29.8 Å². The molecule has 2 aromatic carbocycles. The number of halogens is 1. The second-order valence-electron chi connectivity index (χ2n) is 6.56. The standard InChI is InChI=1S/C19H17ClN4O2S/c1-2-24-15-6-4-3-5-12(15)13-11-23(10-9-16(13)24)27(25)17-8-7-14(20)18-19(17)22-26-21-18/h3-8H,2,9-11H2,1H3. The Hall–Kier alpha value is -2.22. The number of aryl methyl sites for hydroxylation is 1. The second-order valence-corrected chi connectivity index (χ2v) is 8.42. The molecule has 5 rings (SSSR count). The molecule has 3 heterocycles. The van der Waals surface area contributed by atoms with E-state index in [1.54, 1.807) is 12.1 Å². The van der Waals surface area contributed by atoms with Gasteiger partial charge in [-0.2, -0.15) is 0 Å². The van der Waals surface area contributed by atoms with E-state index in [4.69, 9.17) is 16.2 Å². The number of nitrogens with zero attached hydrogens (tertiary/aromatic N) is 4. The number of benzene rings is 2. The quantitative estimate of drug-likeness (QED) is 0.522. The van der Waals surface area contributed by atoms with Gasteiger partial charge in [0, 0.05) is 42.7 Å². The zero-order valence-corrected chi connectivity index (χ0v) is 16.3. The van der Waals surface area contributed by atoms with Crippen LogP contribution in [0.2, 0.25) is 5.02 Å². The molecule has 0 N–H and O–H groups in total. The molecule has 1 atom stereocenters. The molecular formula is C19H17ClN4O2S. The third kappa shape index (κ3) is 2.53. The van der Waals surface area contributed by atoms with E-state index in [2.05, 4.69) is 46.1 Å². The normalized spacial score (nSPS) is 16.1. The van der Waals surface area contributed by atoms with Crippen LogP contribution in [0, 0.1) is 0 Å². The molecule has 0 fully saturated rings. The van der Waals surface area contributed by atoms with Crippen molar-refractivity contribution in [3.05, 3.63) is 52.7 Å². The maximum Gasteiger partial charge on any atom is 0.155 e. The van der Waals surface area contributed by atoms with Crippen LogP contribution in [0.1, 0.15) is 18.2 Å². The highest BCUT2D eigenvalue weighted by molar-refractivity contribution is 7.82. The van der Waals surface area contributed by atoms with Gasteiger partial charge in [-0.25, -0.2) is 13.1 Å². The molecule has 27 heavy (non-hydrogen) atoms. The van der Waals surface area contributed by atoms with Gasteiger partial charge in [0.25, 0.3) is 0 Å². The van der Waals surface area contributed by atoms with Gasteiger partial charge in [-0.05, 0) is 41.0 Å². The van der Waals surface area contributed by atoms with Gasteiger partial charge in [-0.15, -0.1) is 0 Å². The molecule has 1 aliphatic rings. The number of fused-ring (bicyclic) bond motifs is 4. The molecule has 0 bridgehead atoms. The van der Waals surface area contributed by atoms with E-state index >= 15 is 0 Å².